The third-order valence-corrected chi connectivity index (χ3v) is 4.89. The van der Waals surface area contributed by atoms with Gasteiger partial charge in [0.15, 0.2) is 0 Å². The number of carbonyl (C=O) groups is 1. The van der Waals surface area contributed by atoms with E-state index in [1.54, 1.807) is 18.3 Å². The maximum absolute atomic E-state index is 12.7. The van der Waals surface area contributed by atoms with Crippen LogP contribution in [0.25, 0.3) is 0 Å². The highest BCUT2D eigenvalue weighted by Crippen LogP contribution is 2.23. The van der Waals surface area contributed by atoms with Crippen LogP contribution < -0.4 is 4.74 Å². The van der Waals surface area contributed by atoms with Crippen molar-refractivity contribution in [1.82, 2.24) is 9.88 Å². The molecule has 5 heteroatoms. The molecule has 1 aliphatic heterocycles. The van der Waals surface area contributed by atoms with Crippen LogP contribution in [0.3, 0.4) is 0 Å². The molecule has 1 aromatic rings. The molecule has 1 aromatic heterocycles. The maximum atomic E-state index is 12.7. The lowest BCUT2D eigenvalue weighted by Crippen LogP contribution is -2.40. The Hall–Kier alpha value is -1.62. The molecule has 23 heavy (non-hydrogen) atoms. The Balaban J connectivity index is 1.65. The number of rotatable bonds is 4. The van der Waals surface area contributed by atoms with Gasteiger partial charge >= 0.3 is 0 Å². The van der Waals surface area contributed by atoms with Gasteiger partial charge in [-0.25, -0.2) is 4.98 Å². The van der Waals surface area contributed by atoms with Gasteiger partial charge in [0.1, 0.15) is 6.10 Å². The van der Waals surface area contributed by atoms with Crippen molar-refractivity contribution in [2.45, 2.75) is 51.0 Å². The second-order valence-corrected chi connectivity index (χ2v) is 6.70. The van der Waals surface area contributed by atoms with Crippen LogP contribution in [0.2, 0.25) is 0 Å². The summed E-state index contributed by atoms with van der Waals surface area (Å²) in [4.78, 5) is 18.8. The molecule has 1 atom stereocenters. The lowest BCUT2D eigenvalue weighted by Gasteiger charge is -2.32. The molecule has 0 bridgehead atoms. The number of ether oxygens (including phenoxy) is 1. The van der Waals surface area contributed by atoms with Gasteiger partial charge in [0.25, 0.3) is 5.91 Å². The Kier molecular flexibility index (Phi) is 5.49. The van der Waals surface area contributed by atoms with Crippen molar-refractivity contribution >= 4 is 5.91 Å². The number of pyridine rings is 1. The number of amides is 1. The van der Waals surface area contributed by atoms with Gasteiger partial charge in [-0.1, -0.05) is 6.42 Å². The minimum Gasteiger partial charge on any atom is -0.474 e. The first-order valence-electron chi connectivity index (χ1n) is 8.79. The summed E-state index contributed by atoms with van der Waals surface area (Å²) in [5.74, 6) is 0.769. The molecule has 1 N–H and O–H groups in total. The number of aliphatic hydroxyl groups is 1. The van der Waals surface area contributed by atoms with Gasteiger partial charge in [0.05, 0.1) is 0 Å². The summed E-state index contributed by atoms with van der Waals surface area (Å²) in [5.41, 5.74) is 0.629. The van der Waals surface area contributed by atoms with Crippen molar-refractivity contribution < 1.29 is 14.6 Å². The first-order chi connectivity index (χ1) is 11.3. The number of carbonyl (C=O) groups excluding carboxylic acids is 1. The number of piperidine rings is 1. The van der Waals surface area contributed by atoms with Crippen molar-refractivity contribution in [3.8, 4) is 5.88 Å². The van der Waals surface area contributed by atoms with Crippen LogP contribution >= 0.6 is 0 Å². The topological polar surface area (TPSA) is 62.7 Å². The fourth-order valence-electron chi connectivity index (χ4n) is 3.54. The standard InChI is InChI=1S/C18H26N2O3/c21-13-14-5-4-10-20(12-14)18(22)15-8-9-19-17(11-15)23-16-6-2-1-3-7-16/h8-9,11,14,16,21H,1-7,10,12-13H2. The number of aliphatic hydroxyl groups excluding tert-OH is 1. The lowest BCUT2D eigenvalue weighted by molar-refractivity contribution is 0.0619. The molecular weight excluding hydrogens is 292 g/mol. The quantitative estimate of drug-likeness (QED) is 0.927. The highest BCUT2D eigenvalue weighted by molar-refractivity contribution is 5.94. The molecule has 5 nitrogen and oxygen atoms in total. The average Bonchev–Trinajstić information content (AvgIpc) is 2.62. The van der Waals surface area contributed by atoms with Crippen LogP contribution in [-0.2, 0) is 0 Å². The van der Waals surface area contributed by atoms with Gasteiger partial charge in [-0.05, 0) is 50.5 Å². The number of aromatic nitrogens is 1. The van der Waals surface area contributed by atoms with Crippen molar-refractivity contribution in [1.29, 1.82) is 0 Å². The number of nitrogens with zero attached hydrogens (tertiary/aromatic N) is 2. The first-order valence-corrected chi connectivity index (χ1v) is 8.79. The van der Waals surface area contributed by atoms with Gasteiger partial charge < -0.3 is 14.7 Å². The largest absolute Gasteiger partial charge is 0.474 e. The summed E-state index contributed by atoms with van der Waals surface area (Å²) in [6.07, 6.45) is 9.68. The molecule has 2 aliphatic rings. The van der Waals surface area contributed by atoms with E-state index in [1.807, 2.05) is 4.90 Å². The average molecular weight is 318 g/mol. The Labute approximate surface area is 137 Å². The van der Waals surface area contributed by atoms with Crippen LogP contribution in [0.4, 0.5) is 0 Å². The fourth-order valence-corrected chi connectivity index (χ4v) is 3.54. The molecule has 1 unspecified atom stereocenters. The fraction of sp³-hybridized carbons (Fsp3) is 0.667. The minimum atomic E-state index is 0.0130. The van der Waals surface area contributed by atoms with Crippen LogP contribution in [0.5, 0.6) is 5.88 Å². The summed E-state index contributed by atoms with van der Waals surface area (Å²) in [7, 11) is 0. The van der Waals surface area contributed by atoms with Crippen LogP contribution in [0.15, 0.2) is 18.3 Å². The summed E-state index contributed by atoms with van der Waals surface area (Å²) >= 11 is 0. The van der Waals surface area contributed by atoms with Gasteiger partial charge in [-0.3, -0.25) is 4.79 Å². The zero-order valence-corrected chi connectivity index (χ0v) is 13.6. The van der Waals surface area contributed by atoms with E-state index in [1.165, 1.54) is 19.3 Å². The second kappa shape index (κ2) is 7.77. The molecule has 1 saturated carbocycles. The van der Waals surface area contributed by atoms with Gasteiger partial charge in [0, 0.05) is 37.5 Å². The van der Waals surface area contributed by atoms with E-state index in [9.17, 15) is 9.90 Å². The van der Waals surface area contributed by atoms with E-state index >= 15 is 0 Å². The second-order valence-electron chi connectivity index (χ2n) is 6.70. The summed E-state index contributed by atoms with van der Waals surface area (Å²) in [6, 6.07) is 3.51. The van der Waals surface area contributed by atoms with Gasteiger partial charge in [-0.2, -0.15) is 0 Å². The van der Waals surface area contributed by atoms with Gasteiger partial charge in [-0.15, -0.1) is 0 Å². The molecule has 0 spiro atoms. The van der Waals surface area contributed by atoms with E-state index in [0.29, 0.717) is 18.0 Å². The molecule has 1 saturated heterocycles. The third-order valence-electron chi connectivity index (χ3n) is 4.89. The Morgan fingerprint density at radius 3 is 2.87 bits per heavy atom. The molecule has 126 valence electrons. The number of hydrogen-bond donors (Lipinski definition) is 1. The molecule has 1 aliphatic carbocycles. The molecule has 2 heterocycles. The predicted octanol–water partition coefficient (Wildman–Crippen LogP) is 2.64. The monoisotopic (exact) mass is 318 g/mol. The molecule has 0 radical (unpaired) electrons. The zero-order valence-electron chi connectivity index (χ0n) is 13.6. The Morgan fingerprint density at radius 2 is 2.09 bits per heavy atom. The van der Waals surface area contributed by atoms with Gasteiger partial charge in [0.2, 0.25) is 5.88 Å². The molecule has 2 fully saturated rings. The zero-order chi connectivity index (χ0) is 16.1. The van der Waals surface area contributed by atoms with Crippen molar-refractivity contribution in [3.63, 3.8) is 0 Å². The predicted molar refractivity (Wildman–Crippen MR) is 87.5 cm³/mol. The van der Waals surface area contributed by atoms with E-state index < -0.39 is 0 Å². The number of hydrogen-bond acceptors (Lipinski definition) is 4. The van der Waals surface area contributed by atoms with Crippen LogP contribution in [-0.4, -0.2) is 46.7 Å². The van der Waals surface area contributed by atoms with E-state index in [-0.39, 0.29) is 24.5 Å². The Morgan fingerprint density at radius 1 is 1.26 bits per heavy atom. The summed E-state index contributed by atoms with van der Waals surface area (Å²) < 4.78 is 5.95. The SMILES string of the molecule is O=C(c1ccnc(OC2CCCCC2)c1)N1CCCC(CO)C1. The minimum absolute atomic E-state index is 0.0130. The smallest absolute Gasteiger partial charge is 0.254 e. The third kappa shape index (κ3) is 4.22. The first kappa shape index (κ1) is 16.2. The Bertz CT molecular complexity index is 529. The highest BCUT2D eigenvalue weighted by atomic mass is 16.5. The van der Waals surface area contributed by atoms with Crippen molar-refractivity contribution in [3.05, 3.63) is 23.9 Å². The maximum Gasteiger partial charge on any atom is 0.254 e. The van der Waals surface area contributed by atoms with E-state index in [2.05, 4.69) is 4.98 Å². The highest BCUT2D eigenvalue weighted by Gasteiger charge is 2.24. The van der Waals surface area contributed by atoms with Crippen molar-refractivity contribution in [2.75, 3.05) is 19.7 Å². The molecule has 1 amide bonds. The molecule has 3 rings (SSSR count). The molecule has 0 aromatic carbocycles. The van der Waals surface area contributed by atoms with Crippen molar-refractivity contribution in [2.24, 2.45) is 5.92 Å². The lowest BCUT2D eigenvalue weighted by atomic mass is 9.98. The summed E-state index contributed by atoms with van der Waals surface area (Å²) in [6.45, 7) is 1.54. The van der Waals surface area contributed by atoms with E-state index in [0.717, 1.165) is 32.2 Å². The summed E-state index contributed by atoms with van der Waals surface area (Å²) in [5, 5.41) is 9.32. The number of likely N-dealkylation sites (tertiary alicyclic amines) is 1. The van der Waals surface area contributed by atoms with E-state index in [4.69, 9.17) is 4.74 Å². The van der Waals surface area contributed by atoms with Crippen LogP contribution in [0, 0.1) is 5.92 Å². The normalized spacial score (nSPS) is 22.8. The van der Waals surface area contributed by atoms with Crippen LogP contribution in [0.1, 0.15) is 55.3 Å². The molecular formula is C18H26N2O3.